The number of hydrogen-bond donors (Lipinski definition) is 1. The number of nitrogens with zero attached hydrogens (tertiary/aromatic N) is 3. The summed E-state index contributed by atoms with van der Waals surface area (Å²) in [4.78, 5) is 31.6. The number of piperidine rings is 1. The summed E-state index contributed by atoms with van der Waals surface area (Å²) in [6, 6.07) is 10.6. The lowest BCUT2D eigenvalue weighted by Crippen LogP contribution is -2.53. The van der Waals surface area contributed by atoms with Crippen LogP contribution in [0.15, 0.2) is 30.3 Å². The molecule has 1 aromatic carbocycles. The average molecular weight is 387 g/mol. The number of nitrogens with one attached hydrogen (secondary N) is 1. The van der Waals surface area contributed by atoms with Crippen molar-refractivity contribution in [2.45, 2.75) is 45.2 Å². The summed E-state index contributed by atoms with van der Waals surface area (Å²) < 4.78 is 0. The quantitative estimate of drug-likeness (QED) is 0.775. The Morgan fingerprint density at radius 2 is 1.71 bits per heavy atom. The molecule has 0 radical (unpaired) electrons. The van der Waals surface area contributed by atoms with Crippen molar-refractivity contribution < 1.29 is 9.59 Å². The summed E-state index contributed by atoms with van der Waals surface area (Å²) in [5.41, 5.74) is 1.34. The smallest absolute Gasteiger partial charge is 0.237 e. The maximum Gasteiger partial charge on any atom is 0.237 e. The van der Waals surface area contributed by atoms with Gasteiger partial charge in [-0.3, -0.25) is 19.4 Å². The van der Waals surface area contributed by atoms with Crippen molar-refractivity contribution in [2.24, 2.45) is 0 Å². The summed E-state index contributed by atoms with van der Waals surface area (Å²) in [5, 5.41) is 2.87. The van der Waals surface area contributed by atoms with E-state index in [1.807, 2.05) is 17.9 Å². The predicted octanol–water partition coefficient (Wildman–Crippen LogP) is 1.71. The second-order valence-corrected chi connectivity index (χ2v) is 7.93. The number of rotatable bonds is 7. The van der Waals surface area contributed by atoms with E-state index < -0.39 is 0 Å². The highest BCUT2D eigenvalue weighted by Gasteiger charge is 2.30. The zero-order valence-electron chi connectivity index (χ0n) is 17.1. The van der Waals surface area contributed by atoms with Gasteiger partial charge in [0.1, 0.15) is 0 Å². The van der Waals surface area contributed by atoms with E-state index in [-0.39, 0.29) is 17.9 Å². The SMILES string of the molecule is CCNC(=O)CC1CCCCN1C(=O)CN1CCN(Cc2ccccc2)CC1. The van der Waals surface area contributed by atoms with Gasteiger partial charge in [-0.25, -0.2) is 0 Å². The van der Waals surface area contributed by atoms with Crippen LogP contribution in [0.2, 0.25) is 0 Å². The fourth-order valence-electron chi connectivity index (χ4n) is 4.25. The molecule has 1 unspecified atom stereocenters. The number of carbonyl (C=O) groups is 2. The first-order valence-electron chi connectivity index (χ1n) is 10.7. The summed E-state index contributed by atoms with van der Waals surface area (Å²) in [7, 11) is 0. The van der Waals surface area contributed by atoms with Gasteiger partial charge in [-0.05, 0) is 31.7 Å². The largest absolute Gasteiger partial charge is 0.356 e. The van der Waals surface area contributed by atoms with Crippen LogP contribution in [0.4, 0.5) is 0 Å². The Labute approximate surface area is 168 Å². The van der Waals surface area contributed by atoms with Crippen molar-refractivity contribution in [2.75, 3.05) is 45.8 Å². The predicted molar refractivity (Wildman–Crippen MR) is 111 cm³/mol. The van der Waals surface area contributed by atoms with Gasteiger partial charge >= 0.3 is 0 Å². The van der Waals surface area contributed by atoms with Gasteiger partial charge in [-0.15, -0.1) is 0 Å². The van der Waals surface area contributed by atoms with Crippen LogP contribution in [0.3, 0.4) is 0 Å². The standard InChI is InChI=1S/C22H34N4O2/c1-2-23-21(27)16-20-10-6-7-11-26(20)22(28)18-25-14-12-24(13-15-25)17-19-8-4-3-5-9-19/h3-5,8-9,20H,2,6-7,10-18H2,1H3,(H,23,27). The molecule has 2 aliphatic rings. The van der Waals surface area contributed by atoms with Gasteiger partial charge in [0.05, 0.1) is 6.54 Å². The first-order chi connectivity index (χ1) is 13.7. The Bertz CT molecular complexity index is 629. The van der Waals surface area contributed by atoms with Crippen LogP contribution in [0.1, 0.15) is 38.2 Å². The third kappa shape index (κ3) is 6.04. The number of carbonyl (C=O) groups excluding carboxylic acids is 2. The van der Waals surface area contributed by atoms with Crippen molar-refractivity contribution in [3.05, 3.63) is 35.9 Å². The molecule has 0 spiro atoms. The Hall–Kier alpha value is -1.92. The topological polar surface area (TPSA) is 55.9 Å². The van der Waals surface area contributed by atoms with Crippen LogP contribution in [-0.2, 0) is 16.1 Å². The maximum atomic E-state index is 12.9. The van der Waals surface area contributed by atoms with Crippen molar-refractivity contribution in [1.82, 2.24) is 20.0 Å². The molecule has 2 aliphatic heterocycles. The number of likely N-dealkylation sites (tertiary alicyclic amines) is 1. The van der Waals surface area contributed by atoms with E-state index in [9.17, 15) is 9.59 Å². The first kappa shape index (κ1) is 20.8. The second kappa shape index (κ2) is 10.6. The molecule has 1 N–H and O–H groups in total. The van der Waals surface area contributed by atoms with Crippen molar-refractivity contribution in [3.8, 4) is 0 Å². The van der Waals surface area contributed by atoms with E-state index in [2.05, 4.69) is 39.4 Å². The van der Waals surface area contributed by atoms with Crippen LogP contribution in [-0.4, -0.2) is 78.4 Å². The first-order valence-corrected chi connectivity index (χ1v) is 10.7. The van der Waals surface area contributed by atoms with Gasteiger partial charge in [0.25, 0.3) is 0 Å². The molecule has 0 aliphatic carbocycles. The molecule has 1 atom stereocenters. The molecule has 2 amide bonds. The van der Waals surface area contributed by atoms with Crippen molar-refractivity contribution in [1.29, 1.82) is 0 Å². The molecule has 6 heteroatoms. The Balaban J connectivity index is 1.45. The molecule has 2 saturated heterocycles. The number of piperazine rings is 1. The normalized spacial score (nSPS) is 21.5. The Kier molecular flexibility index (Phi) is 7.86. The van der Waals surface area contributed by atoms with Crippen LogP contribution in [0.25, 0.3) is 0 Å². The molecule has 1 aromatic rings. The zero-order chi connectivity index (χ0) is 19.8. The van der Waals surface area contributed by atoms with E-state index in [1.165, 1.54) is 5.56 Å². The van der Waals surface area contributed by atoms with E-state index in [4.69, 9.17) is 0 Å². The van der Waals surface area contributed by atoms with E-state index in [0.717, 1.165) is 58.5 Å². The lowest BCUT2D eigenvalue weighted by atomic mass is 9.98. The van der Waals surface area contributed by atoms with Crippen LogP contribution >= 0.6 is 0 Å². The molecule has 154 valence electrons. The summed E-state index contributed by atoms with van der Waals surface area (Å²) in [6.07, 6.45) is 3.52. The summed E-state index contributed by atoms with van der Waals surface area (Å²) in [6.45, 7) is 8.65. The van der Waals surface area contributed by atoms with Crippen molar-refractivity contribution >= 4 is 11.8 Å². The minimum Gasteiger partial charge on any atom is -0.356 e. The van der Waals surface area contributed by atoms with E-state index >= 15 is 0 Å². The molecule has 0 saturated carbocycles. The van der Waals surface area contributed by atoms with E-state index in [0.29, 0.717) is 19.5 Å². The van der Waals surface area contributed by atoms with Gasteiger partial charge in [-0.1, -0.05) is 30.3 Å². The Morgan fingerprint density at radius 3 is 2.43 bits per heavy atom. The molecule has 2 fully saturated rings. The van der Waals surface area contributed by atoms with Crippen molar-refractivity contribution in [3.63, 3.8) is 0 Å². The van der Waals surface area contributed by atoms with Crippen LogP contribution in [0, 0.1) is 0 Å². The fourth-order valence-corrected chi connectivity index (χ4v) is 4.25. The third-order valence-corrected chi connectivity index (χ3v) is 5.82. The van der Waals surface area contributed by atoms with E-state index in [1.54, 1.807) is 0 Å². The maximum absolute atomic E-state index is 12.9. The highest BCUT2D eigenvalue weighted by molar-refractivity contribution is 5.81. The molecule has 28 heavy (non-hydrogen) atoms. The molecule has 0 bridgehead atoms. The molecule has 2 heterocycles. The highest BCUT2D eigenvalue weighted by Crippen LogP contribution is 2.20. The fraction of sp³-hybridized carbons (Fsp3) is 0.636. The number of amides is 2. The molecular weight excluding hydrogens is 352 g/mol. The molecule has 6 nitrogen and oxygen atoms in total. The van der Waals surface area contributed by atoms with Gasteiger partial charge < -0.3 is 10.2 Å². The van der Waals surface area contributed by atoms with Gasteiger partial charge in [0.15, 0.2) is 0 Å². The summed E-state index contributed by atoms with van der Waals surface area (Å²) >= 11 is 0. The number of benzene rings is 1. The minimum atomic E-state index is 0.0572. The van der Waals surface area contributed by atoms with Gasteiger partial charge in [0.2, 0.25) is 11.8 Å². The molecule has 0 aromatic heterocycles. The molecule has 3 rings (SSSR count). The lowest BCUT2D eigenvalue weighted by Gasteiger charge is -2.39. The second-order valence-electron chi connectivity index (χ2n) is 7.93. The zero-order valence-corrected chi connectivity index (χ0v) is 17.1. The van der Waals surface area contributed by atoms with Gasteiger partial charge in [0, 0.05) is 58.3 Å². The molecular formula is C22H34N4O2. The monoisotopic (exact) mass is 386 g/mol. The lowest BCUT2D eigenvalue weighted by molar-refractivity contribution is -0.137. The van der Waals surface area contributed by atoms with Crippen LogP contribution in [0.5, 0.6) is 0 Å². The van der Waals surface area contributed by atoms with Gasteiger partial charge in [-0.2, -0.15) is 0 Å². The minimum absolute atomic E-state index is 0.0572. The Morgan fingerprint density at radius 1 is 1.00 bits per heavy atom. The van der Waals surface area contributed by atoms with Crippen LogP contribution < -0.4 is 5.32 Å². The number of hydrogen-bond acceptors (Lipinski definition) is 4. The highest BCUT2D eigenvalue weighted by atomic mass is 16.2. The average Bonchev–Trinajstić information content (AvgIpc) is 2.71. The summed E-state index contributed by atoms with van der Waals surface area (Å²) in [5.74, 6) is 0.243. The third-order valence-electron chi connectivity index (χ3n) is 5.82.